The number of benzene rings is 2. The van der Waals surface area contributed by atoms with E-state index in [9.17, 15) is 13.2 Å². The van der Waals surface area contributed by atoms with Crippen LogP contribution in [-0.2, 0) is 21.4 Å². The van der Waals surface area contributed by atoms with E-state index in [0.717, 1.165) is 9.87 Å². The highest BCUT2D eigenvalue weighted by Crippen LogP contribution is 2.28. The highest BCUT2D eigenvalue weighted by Gasteiger charge is 2.26. The van der Waals surface area contributed by atoms with E-state index < -0.39 is 10.0 Å². The second-order valence-corrected chi connectivity index (χ2v) is 8.06. The summed E-state index contributed by atoms with van der Waals surface area (Å²) in [6, 6.07) is 13.7. The molecular formula is C19H23ClN2O4S. The van der Waals surface area contributed by atoms with Crippen molar-refractivity contribution >= 4 is 27.5 Å². The summed E-state index contributed by atoms with van der Waals surface area (Å²) in [6.07, 6.45) is 0. The molecule has 0 atom stereocenters. The average molecular weight is 411 g/mol. The largest absolute Gasteiger partial charge is 0.492 e. The van der Waals surface area contributed by atoms with Gasteiger partial charge in [-0.1, -0.05) is 48.9 Å². The van der Waals surface area contributed by atoms with Crippen LogP contribution in [-0.4, -0.2) is 38.3 Å². The molecule has 2 rings (SSSR count). The Balaban J connectivity index is 2.08. The molecule has 1 amide bonds. The van der Waals surface area contributed by atoms with Gasteiger partial charge in [-0.2, -0.15) is 4.31 Å². The normalized spacial score (nSPS) is 11.4. The van der Waals surface area contributed by atoms with E-state index in [1.807, 2.05) is 37.3 Å². The van der Waals surface area contributed by atoms with Crippen molar-refractivity contribution in [3.63, 3.8) is 0 Å². The van der Waals surface area contributed by atoms with Crippen molar-refractivity contribution in [3.05, 3.63) is 59.1 Å². The van der Waals surface area contributed by atoms with Crippen LogP contribution < -0.4 is 10.1 Å². The molecule has 6 nitrogen and oxygen atoms in total. The molecule has 0 aliphatic carbocycles. The topological polar surface area (TPSA) is 75.7 Å². The number of sulfonamides is 1. The Morgan fingerprint density at radius 3 is 2.44 bits per heavy atom. The lowest BCUT2D eigenvalue weighted by molar-refractivity contribution is -0.121. The summed E-state index contributed by atoms with van der Waals surface area (Å²) in [5.74, 6) is 0.0445. The maximum absolute atomic E-state index is 12.8. The van der Waals surface area contributed by atoms with Crippen molar-refractivity contribution in [3.8, 4) is 5.75 Å². The summed E-state index contributed by atoms with van der Waals surface area (Å²) in [4.78, 5) is 12.2. The quantitative estimate of drug-likeness (QED) is 0.689. The first-order chi connectivity index (χ1) is 12.9. The molecule has 0 spiro atoms. The lowest BCUT2D eigenvalue weighted by Crippen LogP contribution is -2.40. The Morgan fingerprint density at radius 2 is 1.85 bits per heavy atom. The predicted octanol–water partition coefficient (Wildman–Crippen LogP) is 3.07. The van der Waals surface area contributed by atoms with Crippen molar-refractivity contribution in [2.75, 3.05) is 19.7 Å². The minimum atomic E-state index is -3.85. The number of ether oxygens (including phenoxy) is 1. The molecular weight excluding hydrogens is 388 g/mol. The van der Waals surface area contributed by atoms with Crippen LogP contribution in [0.5, 0.6) is 5.75 Å². The molecule has 27 heavy (non-hydrogen) atoms. The lowest BCUT2D eigenvalue weighted by Gasteiger charge is -2.20. The highest BCUT2D eigenvalue weighted by atomic mass is 35.5. The number of hydrogen-bond acceptors (Lipinski definition) is 4. The number of carbonyl (C=O) groups excluding carboxylic acids is 1. The third-order valence-electron chi connectivity index (χ3n) is 3.85. The van der Waals surface area contributed by atoms with Crippen LogP contribution in [0.2, 0.25) is 5.02 Å². The van der Waals surface area contributed by atoms with E-state index in [1.165, 1.54) is 18.2 Å². The van der Waals surface area contributed by atoms with Crippen LogP contribution in [0.1, 0.15) is 19.4 Å². The molecule has 1 N–H and O–H groups in total. The SMILES string of the molecule is CCOc1ccc(S(=O)(=O)N(CC)CC(=O)NCc2ccccc2)cc1Cl. The molecule has 0 radical (unpaired) electrons. The summed E-state index contributed by atoms with van der Waals surface area (Å²) >= 11 is 6.10. The number of nitrogens with zero attached hydrogens (tertiary/aromatic N) is 1. The van der Waals surface area contributed by atoms with Gasteiger partial charge in [0.2, 0.25) is 15.9 Å². The molecule has 0 heterocycles. The van der Waals surface area contributed by atoms with Crippen LogP contribution in [0, 0.1) is 0 Å². The van der Waals surface area contributed by atoms with Gasteiger partial charge in [-0.15, -0.1) is 0 Å². The van der Waals surface area contributed by atoms with Crippen LogP contribution in [0.3, 0.4) is 0 Å². The molecule has 2 aromatic rings. The van der Waals surface area contributed by atoms with Crippen molar-refractivity contribution in [1.82, 2.24) is 9.62 Å². The zero-order valence-electron chi connectivity index (χ0n) is 15.3. The lowest BCUT2D eigenvalue weighted by atomic mass is 10.2. The third-order valence-corrected chi connectivity index (χ3v) is 6.06. The van der Waals surface area contributed by atoms with E-state index in [-0.39, 0.29) is 28.9 Å². The van der Waals surface area contributed by atoms with Gasteiger partial charge in [-0.25, -0.2) is 8.42 Å². The number of halogens is 1. The van der Waals surface area contributed by atoms with Crippen molar-refractivity contribution in [2.45, 2.75) is 25.3 Å². The molecule has 146 valence electrons. The summed E-state index contributed by atoms with van der Waals surface area (Å²) in [5.41, 5.74) is 0.940. The molecule has 0 aliphatic heterocycles. The molecule has 0 fully saturated rings. The van der Waals surface area contributed by atoms with Gasteiger partial charge in [0, 0.05) is 13.1 Å². The maximum atomic E-state index is 12.8. The number of carbonyl (C=O) groups is 1. The molecule has 0 unspecified atom stereocenters. The minimum Gasteiger partial charge on any atom is -0.492 e. The van der Waals surface area contributed by atoms with E-state index >= 15 is 0 Å². The zero-order valence-corrected chi connectivity index (χ0v) is 16.9. The Kier molecular flexibility index (Phi) is 7.65. The minimum absolute atomic E-state index is 0.0219. The van der Waals surface area contributed by atoms with Gasteiger partial charge >= 0.3 is 0 Å². The molecule has 8 heteroatoms. The summed E-state index contributed by atoms with van der Waals surface area (Å²) in [6.45, 7) is 4.15. The van der Waals surface area contributed by atoms with Gasteiger partial charge in [0.05, 0.1) is 23.1 Å². The van der Waals surface area contributed by atoms with Crippen molar-refractivity contribution < 1.29 is 17.9 Å². The Hall–Kier alpha value is -2.09. The van der Waals surface area contributed by atoms with Crippen LogP contribution in [0.25, 0.3) is 0 Å². The fraction of sp³-hybridized carbons (Fsp3) is 0.316. The van der Waals surface area contributed by atoms with E-state index in [2.05, 4.69) is 5.32 Å². The van der Waals surface area contributed by atoms with E-state index in [4.69, 9.17) is 16.3 Å². The number of hydrogen-bond donors (Lipinski definition) is 1. The fourth-order valence-corrected chi connectivity index (χ4v) is 4.17. The summed E-state index contributed by atoms with van der Waals surface area (Å²) in [5, 5.41) is 2.94. The van der Waals surface area contributed by atoms with Crippen LogP contribution >= 0.6 is 11.6 Å². The maximum Gasteiger partial charge on any atom is 0.243 e. The number of amides is 1. The van der Waals surface area contributed by atoms with Crippen molar-refractivity contribution in [2.24, 2.45) is 0 Å². The second-order valence-electron chi connectivity index (χ2n) is 5.72. The van der Waals surface area contributed by atoms with Gasteiger partial charge in [-0.05, 0) is 30.7 Å². The number of nitrogens with one attached hydrogen (secondary N) is 1. The molecule has 2 aromatic carbocycles. The molecule has 0 saturated heterocycles. The molecule has 0 saturated carbocycles. The first-order valence-electron chi connectivity index (χ1n) is 8.61. The van der Waals surface area contributed by atoms with Gasteiger partial charge in [0.1, 0.15) is 5.75 Å². The van der Waals surface area contributed by atoms with Gasteiger partial charge in [0.25, 0.3) is 0 Å². The van der Waals surface area contributed by atoms with E-state index in [0.29, 0.717) is 18.9 Å². The first-order valence-corrected chi connectivity index (χ1v) is 10.4. The smallest absolute Gasteiger partial charge is 0.243 e. The monoisotopic (exact) mass is 410 g/mol. The fourth-order valence-electron chi connectivity index (χ4n) is 2.44. The summed E-state index contributed by atoms with van der Waals surface area (Å²) < 4.78 is 32.1. The molecule has 0 bridgehead atoms. The Morgan fingerprint density at radius 1 is 1.15 bits per heavy atom. The van der Waals surface area contributed by atoms with Gasteiger partial charge < -0.3 is 10.1 Å². The van der Waals surface area contributed by atoms with E-state index in [1.54, 1.807) is 6.92 Å². The number of rotatable bonds is 9. The third kappa shape index (κ3) is 5.69. The highest BCUT2D eigenvalue weighted by molar-refractivity contribution is 7.89. The Bertz CT molecular complexity index is 873. The van der Waals surface area contributed by atoms with Gasteiger partial charge in [0.15, 0.2) is 0 Å². The van der Waals surface area contributed by atoms with Crippen molar-refractivity contribution in [1.29, 1.82) is 0 Å². The zero-order chi connectivity index (χ0) is 19.9. The average Bonchev–Trinajstić information content (AvgIpc) is 2.66. The molecule has 0 aliphatic rings. The summed E-state index contributed by atoms with van der Waals surface area (Å²) in [7, 11) is -3.85. The molecule has 0 aromatic heterocycles. The standard InChI is InChI=1S/C19H23ClN2O4S/c1-3-22(14-19(23)21-13-15-8-6-5-7-9-15)27(24,25)16-10-11-18(26-4-2)17(20)12-16/h5-12H,3-4,13-14H2,1-2H3,(H,21,23). The Labute approximate surface area is 165 Å². The van der Waals surface area contributed by atoms with Crippen LogP contribution in [0.4, 0.5) is 0 Å². The number of likely N-dealkylation sites (N-methyl/N-ethyl adjacent to an activating group) is 1. The van der Waals surface area contributed by atoms with Gasteiger partial charge in [-0.3, -0.25) is 4.79 Å². The second kappa shape index (κ2) is 9.73. The predicted molar refractivity (Wildman–Crippen MR) is 105 cm³/mol. The first kappa shape index (κ1) is 21.2. The van der Waals surface area contributed by atoms with Crippen LogP contribution in [0.15, 0.2) is 53.4 Å².